The van der Waals surface area contributed by atoms with Gasteiger partial charge in [-0.1, -0.05) is 0 Å². The molecule has 1 N–H and O–H groups in total. The second kappa shape index (κ2) is 5.19. The van der Waals surface area contributed by atoms with Crippen LogP contribution >= 0.6 is 0 Å². The Hall–Kier alpha value is -0.610. The Morgan fingerprint density at radius 3 is 3.00 bits per heavy atom. The van der Waals surface area contributed by atoms with Crippen molar-refractivity contribution < 1.29 is 14.3 Å². The molecule has 0 spiro atoms. The van der Waals surface area contributed by atoms with Gasteiger partial charge in [-0.3, -0.25) is 0 Å². The molecule has 1 fully saturated rings. The van der Waals surface area contributed by atoms with Crippen LogP contribution in [-0.4, -0.2) is 37.9 Å². The SMILES string of the molecule is CCOC(=O)C(C)OC1CCNC1. The van der Waals surface area contributed by atoms with Gasteiger partial charge < -0.3 is 14.8 Å². The lowest BCUT2D eigenvalue weighted by Crippen LogP contribution is -2.29. The van der Waals surface area contributed by atoms with Crippen molar-refractivity contribution in [1.82, 2.24) is 5.32 Å². The molecule has 1 rings (SSSR count). The van der Waals surface area contributed by atoms with E-state index in [0.29, 0.717) is 6.61 Å². The summed E-state index contributed by atoms with van der Waals surface area (Å²) in [5.74, 6) is -0.269. The summed E-state index contributed by atoms with van der Waals surface area (Å²) in [6.07, 6.45) is 0.702. The molecule has 0 bridgehead atoms. The third kappa shape index (κ3) is 3.32. The first kappa shape index (κ1) is 10.5. The van der Waals surface area contributed by atoms with E-state index in [-0.39, 0.29) is 12.1 Å². The molecule has 0 radical (unpaired) electrons. The van der Waals surface area contributed by atoms with Gasteiger partial charge in [-0.2, -0.15) is 0 Å². The predicted octanol–water partition coefficient (Wildman–Crippen LogP) is 0.317. The number of hydrogen-bond donors (Lipinski definition) is 1. The van der Waals surface area contributed by atoms with Gasteiger partial charge in [-0.15, -0.1) is 0 Å². The molecule has 2 unspecified atom stereocenters. The van der Waals surface area contributed by atoms with E-state index in [2.05, 4.69) is 5.32 Å². The lowest BCUT2D eigenvalue weighted by atomic mass is 10.3. The average molecular weight is 187 g/mol. The summed E-state index contributed by atoms with van der Waals surface area (Å²) >= 11 is 0. The number of ether oxygens (including phenoxy) is 2. The van der Waals surface area contributed by atoms with Crippen molar-refractivity contribution in [3.63, 3.8) is 0 Å². The van der Waals surface area contributed by atoms with Crippen LogP contribution in [0.4, 0.5) is 0 Å². The van der Waals surface area contributed by atoms with E-state index in [4.69, 9.17) is 9.47 Å². The number of rotatable bonds is 4. The van der Waals surface area contributed by atoms with E-state index < -0.39 is 6.10 Å². The smallest absolute Gasteiger partial charge is 0.334 e. The molecule has 1 aliphatic rings. The summed E-state index contributed by atoms with van der Waals surface area (Å²) in [7, 11) is 0. The molecule has 4 nitrogen and oxygen atoms in total. The number of esters is 1. The van der Waals surface area contributed by atoms with Crippen molar-refractivity contribution in [2.75, 3.05) is 19.7 Å². The second-order valence-electron chi connectivity index (χ2n) is 3.15. The maximum absolute atomic E-state index is 11.2. The largest absolute Gasteiger partial charge is 0.464 e. The molecule has 0 aromatic carbocycles. The van der Waals surface area contributed by atoms with Crippen molar-refractivity contribution in [2.45, 2.75) is 32.5 Å². The molecule has 0 amide bonds. The minimum Gasteiger partial charge on any atom is -0.464 e. The standard InChI is InChI=1S/C9H17NO3/c1-3-12-9(11)7(2)13-8-4-5-10-6-8/h7-8,10H,3-6H2,1-2H3. The molecule has 4 heteroatoms. The second-order valence-corrected chi connectivity index (χ2v) is 3.15. The van der Waals surface area contributed by atoms with Crippen molar-refractivity contribution in [2.24, 2.45) is 0 Å². The zero-order chi connectivity index (χ0) is 9.68. The van der Waals surface area contributed by atoms with Crippen molar-refractivity contribution in [3.8, 4) is 0 Å². The van der Waals surface area contributed by atoms with E-state index in [1.54, 1.807) is 13.8 Å². The van der Waals surface area contributed by atoms with Gasteiger partial charge in [0.05, 0.1) is 12.7 Å². The van der Waals surface area contributed by atoms with Crippen molar-refractivity contribution >= 4 is 5.97 Å². The first-order chi connectivity index (χ1) is 6.24. The summed E-state index contributed by atoms with van der Waals surface area (Å²) < 4.78 is 10.3. The molecule has 0 saturated carbocycles. The zero-order valence-corrected chi connectivity index (χ0v) is 8.21. The highest BCUT2D eigenvalue weighted by Gasteiger charge is 2.22. The first-order valence-electron chi connectivity index (χ1n) is 4.77. The molecule has 0 aromatic rings. The Morgan fingerprint density at radius 2 is 2.46 bits per heavy atom. The Morgan fingerprint density at radius 1 is 1.69 bits per heavy atom. The molecule has 0 aliphatic carbocycles. The number of carbonyl (C=O) groups is 1. The highest BCUT2D eigenvalue weighted by atomic mass is 16.6. The molecule has 13 heavy (non-hydrogen) atoms. The van der Waals surface area contributed by atoms with E-state index >= 15 is 0 Å². The maximum atomic E-state index is 11.2. The van der Waals surface area contributed by atoms with Crippen LogP contribution in [0.3, 0.4) is 0 Å². The predicted molar refractivity (Wildman–Crippen MR) is 48.5 cm³/mol. The summed E-state index contributed by atoms with van der Waals surface area (Å²) in [6, 6.07) is 0. The minimum atomic E-state index is -0.440. The van der Waals surface area contributed by atoms with Crippen molar-refractivity contribution in [3.05, 3.63) is 0 Å². The fraction of sp³-hybridized carbons (Fsp3) is 0.889. The van der Waals surface area contributed by atoms with Crippen LogP contribution in [0, 0.1) is 0 Å². The maximum Gasteiger partial charge on any atom is 0.334 e. The van der Waals surface area contributed by atoms with Crippen LogP contribution in [0.1, 0.15) is 20.3 Å². The van der Waals surface area contributed by atoms with Crippen LogP contribution in [0.25, 0.3) is 0 Å². The molecule has 1 saturated heterocycles. The van der Waals surface area contributed by atoms with E-state index in [0.717, 1.165) is 19.5 Å². The van der Waals surface area contributed by atoms with Gasteiger partial charge in [-0.05, 0) is 26.8 Å². The van der Waals surface area contributed by atoms with Gasteiger partial charge in [0, 0.05) is 6.54 Å². The fourth-order valence-corrected chi connectivity index (χ4v) is 1.35. The lowest BCUT2D eigenvalue weighted by Gasteiger charge is -2.16. The highest BCUT2D eigenvalue weighted by molar-refractivity contribution is 5.74. The third-order valence-corrected chi connectivity index (χ3v) is 2.03. The summed E-state index contributed by atoms with van der Waals surface area (Å²) in [6.45, 7) is 5.75. The average Bonchev–Trinajstić information content (AvgIpc) is 2.57. The molecule has 1 aliphatic heterocycles. The van der Waals surface area contributed by atoms with E-state index in [1.165, 1.54) is 0 Å². The first-order valence-corrected chi connectivity index (χ1v) is 4.77. The minimum absolute atomic E-state index is 0.166. The Labute approximate surface area is 78.6 Å². The van der Waals surface area contributed by atoms with Gasteiger partial charge in [0.2, 0.25) is 0 Å². The van der Waals surface area contributed by atoms with E-state index in [1.807, 2.05) is 0 Å². The lowest BCUT2D eigenvalue weighted by molar-refractivity contribution is -0.158. The highest BCUT2D eigenvalue weighted by Crippen LogP contribution is 2.07. The van der Waals surface area contributed by atoms with Crippen LogP contribution in [0.2, 0.25) is 0 Å². The summed E-state index contributed by atoms with van der Waals surface area (Å²) in [4.78, 5) is 11.2. The van der Waals surface area contributed by atoms with Crippen LogP contribution in [0.15, 0.2) is 0 Å². The molecule has 76 valence electrons. The Balaban J connectivity index is 2.22. The van der Waals surface area contributed by atoms with Gasteiger partial charge in [-0.25, -0.2) is 4.79 Å². The molecule has 2 atom stereocenters. The van der Waals surface area contributed by atoms with Gasteiger partial charge >= 0.3 is 5.97 Å². The van der Waals surface area contributed by atoms with Crippen LogP contribution in [0.5, 0.6) is 0 Å². The monoisotopic (exact) mass is 187 g/mol. The Bertz CT molecular complexity index is 166. The fourth-order valence-electron chi connectivity index (χ4n) is 1.35. The van der Waals surface area contributed by atoms with Crippen molar-refractivity contribution in [1.29, 1.82) is 0 Å². The summed E-state index contributed by atoms with van der Waals surface area (Å²) in [5.41, 5.74) is 0. The number of carbonyl (C=O) groups excluding carboxylic acids is 1. The quantitative estimate of drug-likeness (QED) is 0.644. The van der Waals surface area contributed by atoms with Gasteiger partial charge in [0.1, 0.15) is 0 Å². The topological polar surface area (TPSA) is 47.6 Å². The van der Waals surface area contributed by atoms with E-state index in [9.17, 15) is 4.79 Å². The number of hydrogen-bond acceptors (Lipinski definition) is 4. The van der Waals surface area contributed by atoms with Gasteiger partial charge in [0.15, 0.2) is 6.10 Å². The molecule has 1 heterocycles. The zero-order valence-electron chi connectivity index (χ0n) is 8.21. The Kier molecular flexibility index (Phi) is 4.18. The molecular weight excluding hydrogens is 170 g/mol. The molecular formula is C9H17NO3. The molecule has 0 aromatic heterocycles. The van der Waals surface area contributed by atoms with Crippen LogP contribution < -0.4 is 5.32 Å². The number of nitrogens with one attached hydrogen (secondary N) is 1. The summed E-state index contributed by atoms with van der Waals surface area (Å²) in [5, 5.41) is 3.17. The van der Waals surface area contributed by atoms with Gasteiger partial charge in [0.25, 0.3) is 0 Å². The van der Waals surface area contributed by atoms with Crippen LogP contribution in [-0.2, 0) is 14.3 Å². The third-order valence-electron chi connectivity index (χ3n) is 2.03. The normalized spacial score (nSPS) is 24.3.